The number of rotatable bonds is 10. The maximum absolute atomic E-state index is 12.8. The zero-order valence-electron chi connectivity index (χ0n) is 40.3. The van der Waals surface area contributed by atoms with E-state index in [0.29, 0.717) is 32.1 Å². The molecule has 2 unspecified atom stereocenters. The summed E-state index contributed by atoms with van der Waals surface area (Å²) in [5.41, 5.74) is -4.91. The van der Waals surface area contributed by atoms with Crippen LogP contribution in [0.3, 0.4) is 0 Å². The maximum Gasteiger partial charge on any atom is 0.187 e. The van der Waals surface area contributed by atoms with Crippen molar-refractivity contribution in [3.05, 3.63) is 0 Å². The number of fused-ring (bicyclic) bond motifs is 2. The average molecular weight is 961 g/mol. The van der Waals surface area contributed by atoms with Gasteiger partial charge < -0.3 is 94.4 Å². The molecule has 0 aromatic rings. The normalized spacial score (nSPS) is 58.4. The summed E-state index contributed by atoms with van der Waals surface area (Å²) in [5, 5.41) is 129. The van der Waals surface area contributed by atoms with Gasteiger partial charge in [0.15, 0.2) is 18.9 Å². The molecule has 0 bridgehead atoms. The van der Waals surface area contributed by atoms with Crippen LogP contribution in [0, 0.1) is 44.3 Å². The molecule has 4 saturated heterocycles. The first-order valence-corrected chi connectivity index (χ1v) is 24.8. The van der Waals surface area contributed by atoms with Crippen LogP contribution in [0.25, 0.3) is 0 Å². The van der Waals surface area contributed by atoms with Crippen molar-refractivity contribution in [2.24, 2.45) is 44.3 Å². The fourth-order valence-corrected chi connectivity index (χ4v) is 16.7. The highest BCUT2D eigenvalue weighted by molar-refractivity contribution is 5.35. The van der Waals surface area contributed by atoms with Gasteiger partial charge in [0.05, 0.1) is 55.4 Å². The van der Waals surface area contributed by atoms with Gasteiger partial charge in [-0.2, -0.15) is 0 Å². The molecule has 5 saturated carbocycles. The third kappa shape index (κ3) is 7.06. The number of ether oxygens (including phenoxy) is 7. The van der Waals surface area contributed by atoms with Crippen LogP contribution in [-0.2, 0) is 33.2 Å². The van der Waals surface area contributed by atoms with E-state index in [1.165, 1.54) is 0 Å². The van der Waals surface area contributed by atoms with Crippen molar-refractivity contribution >= 4 is 0 Å². The van der Waals surface area contributed by atoms with Crippen molar-refractivity contribution in [2.75, 3.05) is 19.8 Å². The second-order valence-electron chi connectivity index (χ2n) is 24.3. The Labute approximate surface area is 392 Å². The molecular formula is C48H80O19. The van der Waals surface area contributed by atoms with Crippen LogP contribution in [-0.4, -0.2) is 203 Å². The smallest absolute Gasteiger partial charge is 0.187 e. The molecule has 0 aromatic heterocycles. The summed E-state index contributed by atoms with van der Waals surface area (Å²) in [6, 6.07) is 0. The van der Waals surface area contributed by atoms with Gasteiger partial charge in [-0.1, -0.05) is 34.6 Å². The van der Waals surface area contributed by atoms with Crippen LogP contribution in [0.5, 0.6) is 0 Å². The maximum atomic E-state index is 12.8. The lowest BCUT2D eigenvalue weighted by Crippen LogP contribution is -2.66. The molecule has 9 aliphatic rings. The van der Waals surface area contributed by atoms with E-state index in [2.05, 4.69) is 41.5 Å². The fraction of sp³-hybridized carbons (Fsp3) is 1.00. The van der Waals surface area contributed by atoms with Gasteiger partial charge in [-0.3, -0.25) is 0 Å². The quantitative estimate of drug-likeness (QED) is 0.116. The summed E-state index contributed by atoms with van der Waals surface area (Å²) >= 11 is 0. The van der Waals surface area contributed by atoms with Gasteiger partial charge in [-0.05, 0) is 117 Å². The molecule has 67 heavy (non-hydrogen) atoms. The molecule has 5 aliphatic carbocycles. The Hall–Kier alpha value is -0.760. The molecule has 4 heterocycles. The zero-order valence-corrected chi connectivity index (χ0v) is 40.3. The van der Waals surface area contributed by atoms with Crippen molar-refractivity contribution < 1.29 is 94.4 Å². The molecular weight excluding hydrogens is 881 g/mol. The first-order valence-electron chi connectivity index (χ1n) is 24.8. The van der Waals surface area contributed by atoms with E-state index >= 15 is 0 Å². The van der Waals surface area contributed by atoms with E-state index in [0.717, 1.165) is 25.7 Å². The fourth-order valence-electron chi connectivity index (χ4n) is 16.7. The van der Waals surface area contributed by atoms with Crippen molar-refractivity contribution in [3.8, 4) is 0 Å². The number of aliphatic hydroxyl groups is 12. The minimum Gasteiger partial charge on any atom is -0.394 e. The zero-order chi connectivity index (χ0) is 49.0. The molecule has 9 fully saturated rings. The van der Waals surface area contributed by atoms with E-state index < -0.39 is 157 Å². The molecule has 4 aliphatic heterocycles. The number of hydrogen-bond acceptors (Lipinski definition) is 19. The van der Waals surface area contributed by atoms with E-state index in [9.17, 15) is 61.3 Å². The highest BCUT2D eigenvalue weighted by Gasteiger charge is 2.87. The second kappa shape index (κ2) is 16.9. The Balaban J connectivity index is 1.02. The van der Waals surface area contributed by atoms with Gasteiger partial charge in [0, 0.05) is 5.41 Å². The van der Waals surface area contributed by atoms with Crippen LogP contribution in [0.4, 0.5) is 0 Å². The molecule has 26 atom stereocenters. The lowest BCUT2D eigenvalue weighted by molar-refractivity contribution is -0.340. The molecule has 0 amide bonds. The summed E-state index contributed by atoms with van der Waals surface area (Å²) in [5.74, 6) is -0.242. The predicted octanol–water partition coefficient (Wildman–Crippen LogP) is -1.06. The van der Waals surface area contributed by atoms with Crippen molar-refractivity contribution in [1.82, 2.24) is 0 Å². The van der Waals surface area contributed by atoms with Crippen LogP contribution >= 0.6 is 0 Å². The molecule has 386 valence electrons. The summed E-state index contributed by atoms with van der Waals surface area (Å²) in [6.07, 6.45) is -16.6. The molecule has 2 spiro atoms. The van der Waals surface area contributed by atoms with Gasteiger partial charge in [-0.25, -0.2) is 0 Å². The van der Waals surface area contributed by atoms with Gasteiger partial charge in [0.1, 0.15) is 67.1 Å². The molecule has 12 N–H and O–H groups in total. The number of aliphatic hydroxyl groups excluding tert-OH is 12. The van der Waals surface area contributed by atoms with Gasteiger partial charge in [0.25, 0.3) is 0 Å². The SMILES string of the molecule is CC(C)(O[C@@H]1O[C@H](CO)[C@@H](O)[C@H](O)[C@H]1O)[C@@H]1CC[C@](C)([C@@]2(C)C(O)C[C@@]3(C)[C@@H]4C[C@H](O[C@@H]5O[C@H](CO)[C@@H](O)[C@H](O)[C@H]5O)C5C(C)(C)[C@@H](O[C@@H]6OC[C@@H](O)[C@H](O)[C@H]6O)CC[C@@]56C[C@@]46CC[C@]23C)O1. The summed E-state index contributed by atoms with van der Waals surface area (Å²) in [7, 11) is 0. The molecule has 19 nitrogen and oxygen atoms in total. The minimum absolute atomic E-state index is 0.0125. The number of hydrogen-bond donors (Lipinski definition) is 12. The Morgan fingerprint density at radius 3 is 1.85 bits per heavy atom. The molecule has 0 aromatic carbocycles. The standard InChI is InChI=1S/C48H80O19/c1-41(2)27(65-38-34(58)29(53)21(51)19-61-38)10-12-48-20-47(48)14-13-44(6)43(5,25(47)15-22(37(41)48)62-39-35(59)32(56)30(54)23(17-49)63-39)16-26(52)46(44,8)45(7)11-9-28(66-45)42(3,4)67-40-36(60)33(57)31(55)24(18-50)64-40/h21-40,49-60H,9-20H2,1-8H3/t21-,22+,23-,24-,25+,26?,27+,28+,29+,30-,31-,32+,33+,34-,35-,36-,37?,38+,39-,40+,43+,44+,45-,46+,47+,48-/m1/s1. The molecule has 19 heteroatoms. The molecule has 0 radical (unpaired) electrons. The third-order valence-electron chi connectivity index (χ3n) is 21.0. The Kier molecular flexibility index (Phi) is 12.9. The first-order chi connectivity index (χ1) is 31.1. The van der Waals surface area contributed by atoms with Gasteiger partial charge in [0.2, 0.25) is 0 Å². The Morgan fingerprint density at radius 2 is 1.22 bits per heavy atom. The summed E-state index contributed by atoms with van der Waals surface area (Å²) < 4.78 is 44.5. The highest BCUT2D eigenvalue weighted by atomic mass is 16.7. The average Bonchev–Trinajstić information content (AvgIpc) is 3.67. The summed E-state index contributed by atoms with van der Waals surface area (Å²) in [4.78, 5) is 0. The lowest BCUT2D eigenvalue weighted by atomic mass is 9.39. The third-order valence-corrected chi connectivity index (χ3v) is 21.0. The van der Waals surface area contributed by atoms with E-state index in [1.807, 2.05) is 13.8 Å². The van der Waals surface area contributed by atoms with Crippen LogP contribution in [0.1, 0.15) is 113 Å². The summed E-state index contributed by atoms with van der Waals surface area (Å²) in [6.45, 7) is 15.2. The van der Waals surface area contributed by atoms with Crippen molar-refractivity contribution in [1.29, 1.82) is 0 Å². The van der Waals surface area contributed by atoms with Gasteiger partial charge in [-0.15, -0.1) is 0 Å². The van der Waals surface area contributed by atoms with E-state index in [-0.39, 0.29) is 29.3 Å². The molecule has 9 rings (SSSR count). The van der Waals surface area contributed by atoms with Crippen LogP contribution in [0.2, 0.25) is 0 Å². The Morgan fingerprint density at radius 1 is 0.627 bits per heavy atom. The second-order valence-corrected chi connectivity index (χ2v) is 24.3. The van der Waals surface area contributed by atoms with Crippen molar-refractivity contribution in [2.45, 2.75) is 235 Å². The topological polar surface area (TPSA) is 307 Å². The monoisotopic (exact) mass is 961 g/mol. The largest absolute Gasteiger partial charge is 0.394 e. The first kappa shape index (κ1) is 51.2. The minimum atomic E-state index is -1.65. The van der Waals surface area contributed by atoms with E-state index in [4.69, 9.17) is 33.2 Å². The Bertz CT molecular complexity index is 1820. The van der Waals surface area contributed by atoms with Crippen LogP contribution in [0.15, 0.2) is 0 Å². The van der Waals surface area contributed by atoms with Crippen molar-refractivity contribution in [3.63, 3.8) is 0 Å². The predicted molar refractivity (Wildman–Crippen MR) is 231 cm³/mol. The van der Waals surface area contributed by atoms with Gasteiger partial charge >= 0.3 is 0 Å². The van der Waals surface area contributed by atoms with Crippen LogP contribution < -0.4 is 0 Å². The highest BCUT2D eigenvalue weighted by Crippen LogP contribution is 2.90. The lowest BCUT2D eigenvalue weighted by Gasteiger charge is -2.67. The van der Waals surface area contributed by atoms with E-state index in [1.54, 1.807) is 0 Å².